The van der Waals surface area contributed by atoms with E-state index < -0.39 is 0 Å². The van der Waals surface area contributed by atoms with Crippen LogP contribution in [0.15, 0.2) is 0 Å². The second-order valence-corrected chi connectivity index (χ2v) is 7.70. The van der Waals surface area contributed by atoms with Gasteiger partial charge in [-0.2, -0.15) is 0 Å². The molecule has 0 aliphatic carbocycles. The molecular weight excluding hydrogens is 256 g/mol. The second-order valence-electron chi connectivity index (χ2n) is 7.70. The largest absolute Gasteiger partial charge is 0.308 e. The highest BCUT2D eigenvalue weighted by molar-refractivity contribution is 5.00. The molecule has 0 atom stereocenters. The highest BCUT2D eigenvalue weighted by Gasteiger charge is 2.40. The molecule has 2 heteroatoms. The Labute approximate surface area is 134 Å². The lowest BCUT2D eigenvalue weighted by Crippen LogP contribution is -2.67. The molecule has 21 heavy (non-hydrogen) atoms. The quantitative estimate of drug-likeness (QED) is 0.572. The van der Waals surface area contributed by atoms with E-state index in [0.29, 0.717) is 11.1 Å². The molecule has 1 aliphatic heterocycles. The van der Waals surface area contributed by atoms with Crippen molar-refractivity contribution in [1.82, 2.24) is 10.2 Å². The van der Waals surface area contributed by atoms with Crippen LogP contribution in [0.5, 0.6) is 0 Å². The molecule has 0 aromatic rings. The van der Waals surface area contributed by atoms with Crippen molar-refractivity contribution in [3.63, 3.8) is 0 Å². The van der Waals surface area contributed by atoms with Crippen molar-refractivity contribution in [1.29, 1.82) is 0 Å². The van der Waals surface area contributed by atoms with E-state index in [1.807, 2.05) is 0 Å². The van der Waals surface area contributed by atoms with Crippen LogP contribution < -0.4 is 5.32 Å². The van der Waals surface area contributed by atoms with Crippen molar-refractivity contribution in [3.05, 3.63) is 0 Å². The zero-order valence-electron chi connectivity index (χ0n) is 15.4. The summed E-state index contributed by atoms with van der Waals surface area (Å²) in [5.41, 5.74) is 0.673. The summed E-state index contributed by atoms with van der Waals surface area (Å²) in [5, 5.41) is 3.84. The fraction of sp³-hybridized carbons (Fsp3) is 1.00. The van der Waals surface area contributed by atoms with Crippen molar-refractivity contribution in [2.45, 2.75) is 103 Å². The van der Waals surface area contributed by atoms with E-state index in [4.69, 9.17) is 0 Å². The summed E-state index contributed by atoms with van der Waals surface area (Å²) < 4.78 is 0. The fourth-order valence-corrected chi connectivity index (χ4v) is 3.52. The maximum Gasteiger partial charge on any atom is 0.0304 e. The van der Waals surface area contributed by atoms with Gasteiger partial charge in [0.1, 0.15) is 0 Å². The fourth-order valence-electron chi connectivity index (χ4n) is 3.52. The van der Waals surface area contributed by atoms with Crippen molar-refractivity contribution in [2.24, 2.45) is 0 Å². The third-order valence-corrected chi connectivity index (χ3v) is 5.63. The molecule has 0 aromatic carbocycles. The number of nitrogens with zero attached hydrogens (tertiary/aromatic N) is 1. The number of piperazine rings is 1. The van der Waals surface area contributed by atoms with E-state index in [1.54, 1.807) is 0 Å². The summed E-state index contributed by atoms with van der Waals surface area (Å²) >= 11 is 0. The van der Waals surface area contributed by atoms with E-state index in [9.17, 15) is 0 Å². The summed E-state index contributed by atoms with van der Waals surface area (Å²) in [6, 6.07) is 0. The van der Waals surface area contributed by atoms with Crippen LogP contribution in [-0.2, 0) is 0 Å². The normalized spacial score (nSPS) is 21.6. The molecule has 0 aromatic heterocycles. The first-order valence-electron chi connectivity index (χ1n) is 9.50. The van der Waals surface area contributed by atoms with Gasteiger partial charge in [-0.25, -0.2) is 0 Å². The monoisotopic (exact) mass is 296 g/mol. The van der Waals surface area contributed by atoms with Crippen molar-refractivity contribution >= 4 is 0 Å². The van der Waals surface area contributed by atoms with Gasteiger partial charge >= 0.3 is 0 Å². The lowest BCUT2D eigenvalue weighted by molar-refractivity contribution is 0.0214. The molecule has 0 unspecified atom stereocenters. The van der Waals surface area contributed by atoms with Gasteiger partial charge in [-0.1, -0.05) is 59.3 Å². The smallest absolute Gasteiger partial charge is 0.0304 e. The standard InChI is InChI=1S/C19H40N2/c1-6-9-10-11-12-13-14-15-21-17-19(7-2,8-3)20-16-18(21,4)5/h20H,6-17H2,1-5H3. The molecule has 0 spiro atoms. The Balaban J connectivity index is 2.33. The molecule has 0 radical (unpaired) electrons. The Morgan fingerprint density at radius 3 is 2.00 bits per heavy atom. The molecule has 1 fully saturated rings. The average Bonchev–Trinajstić information content (AvgIpc) is 2.48. The van der Waals surface area contributed by atoms with E-state index in [0.717, 1.165) is 6.54 Å². The topological polar surface area (TPSA) is 15.3 Å². The predicted molar refractivity (Wildman–Crippen MR) is 95.0 cm³/mol. The summed E-state index contributed by atoms with van der Waals surface area (Å²) in [6.45, 7) is 15.4. The van der Waals surface area contributed by atoms with Crippen LogP contribution in [0.1, 0.15) is 92.4 Å². The highest BCUT2D eigenvalue weighted by atomic mass is 15.3. The maximum absolute atomic E-state index is 3.84. The Kier molecular flexibility index (Phi) is 8.26. The number of unbranched alkanes of at least 4 members (excludes halogenated alkanes) is 6. The minimum Gasteiger partial charge on any atom is -0.308 e. The first-order valence-corrected chi connectivity index (χ1v) is 9.50. The van der Waals surface area contributed by atoms with Crippen LogP contribution in [0.25, 0.3) is 0 Å². The van der Waals surface area contributed by atoms with Crippen LogP contribution in [0.4, 0.5) is 0 Å². The molecular formula is C19H40N2. The van der Waals surface area contributed by atoms with Crippen LogP contribution in [0.3, 0.4) is 0 Å². The number of nitrogens with one attached hydrogen (secondary N) is 1. The van der Waals surface area contributed by atoms with Crippen molar-refractivity contribution in [2.75, 3.05) is 19.6 Å². The molecule has 1 aliphatic rings. The molecule has 1 saturated heterocycles. The van der Waals surface area contributed by atoms with Gasteiger partial charge in [0.2, 0.25) is 0 Å². The van der Waals surface area contributed by atoms with Gasteiger partial charge < -0.3 is 5.32 Å². The first-order chi connectivity index (χ1) is 9.99. The zero-order chi connectivity index (χ0) is 15.8. The SMILES string of the molecule is CCCCCCCCCN1CC(CC)(CC)NCC1(C)C. The van der Waals surface area contributed by atoms with Crippen LogP contribution in [0, 0.1) is 0 Å². The van der Waals surface area contributed by atoms with E-state index in [1.165, 1.54) is 70.9 Å². The molecule has 1 N–H and O–H groups in total. The summed E-state index contributed by atoms with van der Waals surface area (Å²) in [5.74, 6) is 0. The molecule has 2 nitrogen and oxygen atoms in total. The minimum absolute atomic E-state index is 0.316. The van der Waals surface area contributed by atoms with Crippen LogP contribution in [0.2, 0.25) is 0 Å². The molecule has 0 bridgehead atoms. The second kappa shape index (κ2) is 9.15. The van der Waals surface area contributed by atoms with Gasteiger partial charge in [0.15, 0.2) is 0 Å². The third kappa shape index (κ3) is 5.90. The first kappa shape index (κ1) is 19.0. The lowest BCUT2D eigenvalue weighted by Gasteiger charge is -2.52. The van der Waals surface area contributed by atoms with E-state index >= 15 is 0 Å². The minimum atomic E-state index is 0.316. The van der Waals surface area contributed by atoms with Crippen LogP contribution in [-0.4, -0.2) is 35.6 Å². The maximum atomic E-state index is 3.84. The van der Waals surface area contributed by atoms with Gasteiger partial charge in [-0.15, -0.1) is 0 Å². The Morgan fingerprint density at radius 1 is 0.857 bits per heavy atom. The Morgan fingerprint density at radius 2 is 1.43 bits per heavy atom. The summed E-state index contributed by atoms with van der Waals surface area (Å²) in [6.07, 6.45) is 12.3. The number of hydrogen-bond acceptors (Lipinski definition) is 2. The van der Waals surface area contributed by atoms with E-state index in [2.05, 4.69) is 44.8 Å². The molecule has 1 rings (SSSR count). The Bertz CT molecular complexity index is 269. The van der Waals surface area contributed by atoms with Gasteiger partial charge in [-0.3, -0.25) is 4.90 Å². The average molecular weight is 297 g/mol. The number of hydrogen-bond donors (Lipinski definition) is 1. The van der Waals surface area contributed by atoms with Gasteiger partial charge in [-0.05, 0) is 39.7 Å². The molecule has 0 amide bonds. The number of rotatable bonds is 10. The van der Waals surface area contributed by atoms with Crippen molar-refractivity contribution < 1.29 is 0 Å². The van der Waals surface area contributed by atoms with Gasteiger partial charge in [0, 0.05) is 24.2 Å². The van der Waals surface area contributed by atoms with Crippen LogP contribution >= 0.6 is 0 Å². The predicted octanol–water partition coefficient (Wildman–Crippen LogP) is 4.98. The molecule has 126 valence electrons. The summed E-state index contributed by atoms with van der Waals surface area (Å²) in [7, 11) is 0. The highest BCUT2D eigenvalue weighted by Crippen LogP contribution is 2.28. The molecule has 1 heterocycles. The van der Waals surface area contributed by atoms with E-state index in [-0.39, 0.29) is 0 Å². The van der Waals surface area contributed by atoms with Gasteiger partial charge in [0.25, 0.3) is 0 Å². The third-order valence-electron chi connectivity index (χ3n) is 5.63. The summed E-state index contributed by atoms with van der Waals surface area (Å²) in [4.78, 5) is 2.75. The Hall–Kier alpha value is -0.0800. The zero-order valence-corrected chi connectivity index (χ0v) is 15.4. The molecule has 0 saturated carbocycles. The lowest BCUT2D eigenvalue weighted by atomic mass is 9.85. The van der Waals surface area contributed by atoms with Gasteiger partial charge in [0.05, 0.1) is 0 Å². The van der Waals surface area contributed by atoms with Crippen molar-refractivity contribution in [3.8, 4) is 0 Å².